The fourth-order valence-electron chi connectivity index (χ4n) is 3.13. The van der Waals surface area contributed by atoms with Crippen molar-refractivity contribution in [2.24, 2.45) is 5.92 Å². The summed E-state index contributed by atoms with van der Waals surface area (Å²) in [7, 11) is 0. The molecule has 3 atom stereocenters. The van der Waals surface area contributed by atoms with Crippen LogP contribution in [0.4, 0.5) is 0 Å². The van der Waals surface area contributed by atoms with Gasteiger partial charge in [0.05, 0.1) is 12.6 Å². The number of hydrogen-bond donors (Lipinski definition) is 2. The van der Waals surface area contributed by atoms with E-state index < -0.39 is 11.6 Å². The Morgan fingerprint density at radius 1 is 1.59 bits per heavy atom. The van der Waals surface area contributed by atoms with E-state index in [9.17, 15) is 4.79 Å². The smallest absolute Gasteiger partial charge is 0.317 e. The minimum atomic E-state index is -0.953. The van der Waals surface area contributed by atoms with Crippen LogP contribution in [0.2, 0.25) is 0 Å². The van der Waals surface area contributed by atoms with Crippen molar-refractivity contribution in [3.8, 4) is 5.75 Å². The van der Waals surface area contributed by atoms with E-state index in [-0.39, 0.29) is 12.0 Å². The first-order valence-corrected chi connectivity index (χ1v) is 7.60. The van der Waals surface area contributed by atoms with Crippen molar-refractivity contribution >= 4 is 29.4 Å². The molecule has 1 aromatic carbocycles. The van der Waals surface area contributed by atoms with Gasteiger partial charge in [-0.3, -0.25) is 4.79 Å². The molecule has 0 spiro atoms. The lowest BCUT2D eigenvalue weighted by molar-refractivity contribution is -0.162. The molecule has 1 fully saturated rings. The van der Waals surface area contributed by atoms with Gasteiger partial charge in [-0.25, -0.2) is 0 Å². The number of esters is 1. The fourth-order valence-corrected chi connectivity index (χ4v) is 3.46. The fraction of sp³-hybridized carbons (Fsp3) is 0.375. The zero-order valence-electron chi connectivity index (χ0n) is 12.5. The van der Waals surface area contributed by atoms with Gasteiger partial charge in [-0.05, 0) is 26.1 Å². The highest BCUT2D eigenvalue weighted by molar-refractivity contribution is 7.80. The first-order valence-electron chi connectivity index (χ1n) is 7.20. The second kappa shape index (κ2) is 5.28. The number of carbonyl (C=O) groups excluding carboxylic acids is 1. The monoisotopic (exact) mass is 318 g/mol. The standard InChI is InChI=1S/C16H18N2O3S/c1-4-9-7-6-8-10-12-11(14(19)20-5-2)16(3,21-13(9)10)18-15(22)17-12/h4,6-8,11-12H,1,5H2,2-3H3,(H2,17,18,22)/t11-,12-,16+/m1/s1. The highest BCUT2D eigenvalue weighted by atomic mass is 32.1. The second-order valence-corrected chi connectivity index (χ2v) is 5.89. The maximum Gasteiger partial charge on any atom is 0.317 e. The van der Waals surface area contributed by atoms with Crippen LogP contribution in [0.25, 0.3) is 6.08 Å². The SMILES string of the molecule is C=Cc1cccc2c1O[C@]1(C)NC(=S)N[C@H]2[C@@H]1C(=O)OCC. The van der Waals surface area contributed by atoms with E-state index in [2.05, 4.69) is 17.2 Å². The average molecular weight is 318 g/mol. The van der Waals surface area contributed by atoms with Gasteiger partial charge in [-0.2, -0.15) is 0 Å². The maximum atomic E-state index is 12.4. The van der Waals surface area contributed by atoms with Gasteiger partial charge in [0.2, 0.25) is 0 Å². The van der Waals surface area contributed by atoms with Crippen LogP contribution in [0.1, 0.15) is 31.0 Å². The molecule has 0 saturated carbocycles. The summed E-state index contributed by atoms with van der Waals surface area (Å²) < 4.78 is 11.4. The molecule has 3 rings (SSSR count). The maximum absolute atomic E-state index is 12.4. The van der Waals surface area contributed by atoms with E-state index in [1.54, 1.807) is 13.0 Å². The Kier molecular flexibility index (Phi) is 3.56. The van der Waals surface area contributed by atoms with Crippen LogP contribution < -0.4 is 15.4 Å². The van der Waals surface area contributed by atoms with Gasteiger partial charge < -0.3 is 20.1 Å². The topological polar surface area (TPSA) is 59.6 Å². The van der Waals surface area contributed by atoms with Crippen molar-refractivity contribution in [2.45, 2.75) is 25.6 Å². The molecule has 116 valence electrons. The van der Waals surface area contributed by atoms with Crippen molar-refractivity contribution < 1.29 is 14.3 Å². The van der Waals surface area contributed by atoms with Gasteiger partial charge >= 0.3 is 5.97 Å². The summed E-state index contributed by atoms with van der Waals surface area (Å²) >= 11 is 5.25. The highest BCUT2D eigenvalue weighted by Crippen LogP contribution is 2.46. The third kappa shape index (κ3) is 2.14. The van der Waals surface area contributed by atoms with Crippen LogP contribution in [-0.2, 0) is 9.53 Å². The lowest BCUT2D eigenvalue weighted by atomic mass is 9.80. The molecular weight excluding hydrogens is 300 g/mol. The molecule has 2 aliphatic rings. The molecule has 2 aliphatic heterocycles. The van der Waals surface area contributed by atoms with Crippen LogP contribution in [0.15, 0.2) is 24.8 Å². The number of thiocarbonyl (C=S) groups is 1. The van der Waals surface area contributed by atoms with Gasteiger partial charge in [-0.1, -0.05) is 30.9 Å². The summed E-state index contributed by atoms with van der Waals surface area (Å²) in [5, 5.41) is 6.70. The Bertz CT molecular complexity index is 661. The average Bonchev–Trinajstić information content (AvgIpc) is 2.45. The number of hydrogen-bond acceptors (Lipinski definition) is 4. The van der Waals surface area contributed by atoms with Gasteiger partial charge in [0.15, 0.2) is 10.8 Å². The summed E-state index contributed by atoms with van der Waals surface area (Å²) in [5.41, 5.74) is 0.815. The summed E-state index contributed by atoms with van der Waals surface area (Å²) in [4.78, 5) is 12.4. The lowest BCUT2D eigenvalue weighted by Crippen LogP contribution is -2.70. The molecule has 0 unspecified atom stereocenters. The van der Waals surface area contributed by atoms with Crippen LogP contribution >= 0.6 is 12.2 Å². The quantitative estimate of drug-likeness (QED) is 0.658. The van der Waals surface area contributed by atoms with Gasteiger partial charge in [-0.15, -0.1) is 0 Å². The molecule has 5 nitrogen and oxygen atoms in total. The summed E-state index contributed by atoms with van der Waals surface area (Å²) in [5.74, 6) is -0.132. The number of carbonyl (C=O) groups is 1. The Balaban J connectivity index is 2.14. The third-order valence-corrected chi connectivity index (χ3v) is 4.28. The van der Waals surface area contributed by atoms with Crippen molar-refractivity contribution in [3.63, 3.8) is 0 Å². The molecule has 22 heavy (non-hydrogen) atoms. The van der Waals surface area contributed by atoms with Crippen molar-refractivity contribution in [3.05, 3.63) is 35.9 Å². The van der Waals surface area contributed by atoms with E-state index in [1.165, 1.54) is 0 Å². The molecule has 0 amide bonds. The van der Waals surface area contributed by atoms with Crippen LogP contribution in [-0.4, -0.2) is 23.4 Å². The number of rotatable bonds is 3. The van der Waals surface area contributed by atoms with E-state index >= 15 is 0 Å². The van der Waals surface area contributed by atoms with Crippen LogP contribution in [0, 0.1) is 5.92 Å². The zero-order chi connectivity index (χ0) is 15.9. The number of benzene rings is 1. The van der Waals surface area contributed by atoms with E-state index in [4.69, 9.17) is 21.7 Å². The molecule has 2 bridgehead atoms. The van der Waals surface area contributed by atoms with Crippen LogP contribution in [0.5, 0.6) is 5.75 Å². The van der Waals surface area contributed by atoms with E-state index in [0.717, 1.165) is 11.1 Å². The normalized spacial score (nSPS) is 28.5. The van der Waals surface area contributed by atoms with Crippen LogP contribution in [0.3, 0.4) is 0 Å². The van der Waals surface area contributed by atoms with Crippen molar-refractivity contribution in [1.82, 2.24) is 10.6 Å². The molecule has 0 aliphatic carbocycles. The predicted molar refractivity (Wildman–Crippen MR) is 87.3 cm³/mol. The minimum absolute atomic E-state index is 0.290. The molecular formula is C16H18N2O3S. The largest absolute Gasteiger partial charge is 0.466 e. The molecule has 1 saturated heterocycles. The Hall–Kier alpha value is -2.08. The summed E-state index contributed by atoms with van der Waals surface area (Å²) in [6.07, 6.45) is 1.74. The molecule has 2 heterocycles. The number of fused-ring (bicyclic) bond motifs is 4. The molecule has 1 aromatic rings. The van der Waals surface area contributed by atoms with Crippen molar-refractivity contribution in [2.75, 3.05) is 6.61 Å². The second-order valence-electron chi connectivity index (χ2n) is 5.48. The Morgan fingerprint density at radius 3 is 3.05 bits per heavy atom. The Labute approximate surface area is 134 Å². The summed E-state index contributed by atoms with van der Waals surface area (Å²) in [6.45, 7) is 7.74. The highest BCUT2D eigenvalue weighted by Gasteiger charge is 2.55. The number of nitrogens with one attached hydrogen (secondary N) is 2. The zero-order valence-corrected chi connectivity index (χ0v) is 13.3. The Morgan fingerprint density at radius 2 is 2.36 bits per heavy atom. The van der Waals surface area contributed by atoms with Gasteiger partial charge in [0, 0.05) is 11.1 Å². The molecule has 2 N–H and O–H groups in total. The first-order chi connectivity index (χ1) is 10.5. The van der Waals surface area contributed by atoms with E-state index in [0.29, 0.717) is 17.5 Å². The third-order valence-electron chi connectivity index (χ3n) is 4.06. The molecule has 0 radical (unpaired) electrons. The summed E-state index contributed by atoms with van der Waals surface area (Å²) in [6, 6.07) is 5.48. The first kappa shape index (κ1) is 14.8. The molecule has 0 aromatic heterocycles. The minimum Gasteiger partial charge on any atom is -0.466 e. The predicted octanol–water partition coefficient (Wildman–Crippen LogP) is 2.14. The number of ether oxygens (including phenoxy) is 2. The van der Waals surface area contributed by atoms with Crippen molar-refractivity contribution in [1.29, 1.82) is 0 Å². The van der Waals surface area contributed by atoms with Gasteiger partial charge in [0.25, 0.3) is 0 Å². The van der Waals surface area contributed by atoms with E-state index in [1.807, 2.05) is 25.1 Å². The lowest BCUT2D eigenvalue weighted by Gasteiger charge is -2.50. The van der Waals surface area contributed by atoms with Gasteiger partial charge in [0.1, 0.15) is 11.7 Å². The number of para-hydroxylation sites is 1. The molecule has 6 heteroatoms.